The molecule has 0 saturated heterocycles. The predicted octanol–water partition coefficient (Wildman–Crippen LogP) is 2.31. The maximum absolute atomic E-state index is 12.2. The highest BCUT2D eigenvalue weighted by molar-refractivity contribution is 7.89. The number of rotatable bonds is 7. The van der Waals surface area contributed by atoms with Gasteiger partial charge in [-0.05, 0) is 42.6 Å². The summed E-state index contributed by atoms with van der Waals surface area (Å²) in [6, 6.07) is 9.20. The van der Waals surface area contributed by atoms with Crippen molar-refractivity contribution in [3.63, 3.8) is 0 Å². The summed E-state index contributed by atoms with van der Waals surface area (Å²) in [7, 11) is -2.10. The third kappa shape index (κ3) is 4.87. The van der Waals surface area contributed by atoms with Gasteiger partial charge in [-0.15, -0.1) is 11.3 Å². The summed E-state index contributed by atoms with van der Waals surface area (Å²) in [5.41, 5.74) is 0.535. The van der Waals surface area contributed by atoms with E-state index in [1.807, 2.05) is 5.38 Å². The first-order chi connectivity index (χ1) is 10.9. The summed E-state index contributed by atoms with van der Waals surface area (Å²) in [5.74, 6) is -0.220. The first-order valence-electron chi connectivity index (χ1n) is 6.88. The summed E-state index contributed by atoms with van der Waals surface area (Å²) in [4.78, 5) is 12.7. The van der Waals surface area contributed by atoms with Gasteiger partial charge in [0.25, 0.3) is 5.91 Å². The van der Waals surface area contributed by atoms with E-state index in [0.29, 0.717) is 10.6 Å². The first-order valence-corrected chi connectivity index (χ1v) is 9.25. The van der Waals surface area contributed by atoms with Crippen LogP contribution in [0.15, 0.2) is 46.7 Å². The zero-order valence-corrected chi connectivity index (χ0v) is 14.4. The molecule has 2 N–H and O–H groups in total. The minimum Gasteiger partial charge on any atom is -0.383 e. The number of carbonyl (C=O) groups excluding carboxylic acids is 1. The van der Waals surface area contributed by atoms with Crippen molar-refractivity contribution in [2.45, 2.75) is 17.9 Å². The van der Waals surface area contributed by atoms with Crippen molar-refractivity contribution in [2.24, 2.45) is 0 Å². The quantitative estimate of drug-likeness (QED) is 0.799. The molecule has 0 unspecified atom stereocenters. The molecule has 0 spiro atoms. The van der Waals surface area contributed by atoms with Crippen LogP contribution in [0.3, 0.4) is 0 Å². The second-order valence-electron chi connectivity index (χ2n) is 4.93. The Kier molecular flexibility index (Phi) is 5.89. The van der Waals surface area contributed by atoms with Crippen molar-refractivity contribution in [3.8, 4) is 0 Å². The molecule has 0 aliphatic carbocycles. The molecule has 0 saturated carbocycles. The van der Waals surface area contributed by atoms with E-state index >= 15 is 0 Å². The van der Waals surface area contributed by atoms with Crippen LogP contribution < -0.4 is 10.0 Å². The van der Waals surface area contributed by atoms with Crippen molar-refractivity contribution >= 4 is 33.0 Å². The molecule has 6 nitrogen and oxygen atoms in total. The van der Waals surface area contributed by atoms with Crippen molar-refractivity contribution in [2.75, 3.05) is 19.0 Å². The van der Waals surface area contributed by atoms with E-state index in [1.165, 1.54) is 30.6 Å². The van der Waals surface area contributed by atoms with Gasteiger partial charge in [0.15, 0.2) is 0 Å². The minimum absolute atomic E-state index is 0.134. The van der Waals surface area contributed by atoms with Crippen LogP contribution in [0.1, 0.15) is 16.6 Å². The van der Waals surface area contributed by atoms with Crippen LogP contribution in [0, 0.1) is 0 Å². The number of carbonyl (C=O) groups is 1. The van der Waals surface area contributed by atoms with Gasteiger partial charge < -0.3 is 10.1 Å². The number of thiophene rings is 1. The number of anilines is 1. The smallest absolute Gasteiger partial charge is 0.265 e. The van der Waals surface area contributed by atoms with Crippen LogP contribution >= 0.6 is 11.3 Å². The van der Waals surface area contributed by atoms with E-state index in [4.69, 9.17) is 4.74 Å². The standard InChI is InChI=1S/C15H18N2O4S2/c1-11(10-21-2)17-23(19,20)13-7-5-12(6-8-13)16-15(18)14-4-3-9-22-14/h3-9,11,17H,10H2,1-2H3,(H,16,18)/t11-/m1/s1. The second kappa shape index (κ2) is 7.69. The number of benzene rings is 1. The fourth-order valence-electron chi connectivity index (χ4n) is 1.93. The molecule has 0 aliphatic rings. The fourth-order valence-corrected chi connectivity index (χ4v) is 3.78. The fraction of sp³-hybridized carbons (Fsp3) is 0.267. The van der Waals surface area contributed by atoms with Gasteiger partial charge in [0, 0.05) is 18.8 Å². The highest BCUT2D eigenvalue weighted by Crippen LogP contribution is 2.16. The molecule has 1 aromatic heterocycles. The Morgan fingerprint density at radius 2 is 1.96 bits per heavy atom. The first kappa shape index (κ1) is 17.6. The zero-order valence-electron chi connectivity index (χ0n) is 12.8. The van der Waals surface area contributed by atoms with Crippen LogP contribution in [-0.2, 0) is 14.8 Å². The number of sulfonamides is 1. The van der Waals surface area contributed by atoms with Gasteiger partial charge in [0.2, 0.25) is 10.0 Å². The molecule has 1 heterocycles. The van der Waals surface area contributed by atoms with Crippen LogP contribution in [-0.4, -0.2) is 34.1 Å². The molecule has 0 bridgehead atoms. The van der Waals surface area contributed by atoms with E-state index in [9.17, 15) is 13.2 Å². The topological polar surface area (TPSA) is 84.5 Å². The summed E-state index contributed by atoms with van der Waals surface area (Å²) in [6.45, 7) is 2.00. The Bertz CT molecular complexity index is 740. The molecule has 1 aromatic carbocycles. The number of hydrogen-bond acceptors (Lipinski definition) is 5. The van der Waals surface area contributed by atoms with Crippen molar-refractivity contribution in [1.82, 2.24) is 4.72 Å². The second-order valence-corrected chi connectivity index (χ2v) is 7.60. The van der Waals surface area contributed by atoms with Gasteiger partial charge in [-0.1, -0.05) is 6.07 Å². The molecular formula is C15H18N2O4S2. The largest absolute Gasteiger partial charge is 0.383 e. The summed E-state index contributed by atoms with van der Waals surface area (Å²) >= 11 is 1.34. The maximum atomic E-state index is 12.2. The Balaban J connectivity index is 2.05. The molecule has 23 heavy (non-hydrogen) atoms. The molecule has 124 valence electrons. The van der Waals surface area contributed by atoms with E-state index in [0.717, 1.165) is 0 Å². The number of amides is 1. The molecule has 1 atom stereocenters. The highest BCUT2D eigenvalue weighted by Gasteiger charge is 2.17. The molecule has 0 aliphatic heterocycles. The van der Waals surface area contributed by atoms with Crippen LogP contribution in [0.25, 0.3) is 0 Å². The van der Waals surface area contributed by atoms with Crippen LogP contribution in [0.4, 0.5) is 5.69 Å². The van der Waals surface area contributed by atoms with E-state index in [1.54, 1.807) is 31.2 Å². The summed E-state index contributed by atoms with van der Waals surface area (Å²) in [6.07, 6.45) is 0. The highest BCUT2D eigenvalue weighted by atomic mass is 32.2. The average Bonchev–Trinajstić information content (AvgIpc) is 3.01. The van der Waals surface area contributed by atoms with Gasteiger partial charge in [0.05, 0.1) is 16.4 Å². The average molecular weight is 354 g/mol. The minimum atomic E-state index is -3.61. The molecule has 2 rings (SSSR count). The molecule has 0 fully saturated rings. The lowest BCUT2D eigenvalue weighted by Gasteiger charge is -2.13. The number of nitrogens with one attached hydrogen (secondary N) is 2. The normalized spacial score (nSPS) is 12.8. The zero-order chi connectivity index (χ0) is 16.9. The summed E-state index contributed by atoms with van der Waals surface area (Å²) in [5, 5.41) is 4.54. The Morgan fingerprint density at radius 1 is 1.26 bits per heavy atom. The molecule has 2 aromatic rings. The Labute approximate surface area is 139 Å². The molecule has 1 amide bonds. The molecule has 0 radical (unpaired) electrons. The summed E-state index contributed by atoms with van der Waals surface area (Å²) < 4.78 is 31.8. The number of ether oxygens (including phenoxy) is 1. The maximum Gasteiger partial charge on any atom is 0.265 e. The van der Waals surface area contributed by atoms with Crippen molar-refractivity contribution < 1.29 is 17.9 Å². The van der Waals surface area contributed by atoms with Gasteiger partial charge in [-0.2, -0.15) is 0 Å². The predicted molar refractivity (Wildman–Crippen MR) is 90.4 cm³/mol. The molecule has 8 heteroatoms. The Morgan fingerprint density at radius 3 is 2.52 bits per heavy atom. The van der Waals surface area contributed by atoms with E-state index in [-0.39, 0.29) is 23.5 Å². The van der Waals surface area contributed by atoms with E-state index in [2.05, 4.69) is 10.0 Å². The van der Waals surface area contributed by atoms with Crippen molar-refractivity contribution in [1.29, 1.82) is 0 Å². The third-order valence-electron chi connectivity index (χ3n) is 2.94. The number of hydrogen-bond donors (Lipinski definition) is 2. The molecular weight excluding hydrogens is 336 g/mol. The Hall–Kier alpha value is -1.74. The van der Waals surface area contributed by atoms with Crippen LogP contribution in [0.2, 0.25) is 0 Å². The van der Waals surface area contributed by atoms with Crippen LogP contribution in [0.5, 0.6) is 0 Å². The lowest BCUT2D eigenvalue weighted by Crippen LogP contribution is -2.35. The van der Waals surface area contributed by atoms with Gasteiger partial charge in [0.1, 0.15) is 0 Å². The SMILES string of the molecule is COC[C@@H](C)NS(=O)(=O)c1ccc(NC(=O)c2cccs2)cc1. The third-order valence-corrected chi connectivity index (χ3v) is 5.41. The van der Waals surface area contributed by atoms with Gasteiger partial charge in [-0.3, -0.25) is 4.79 Å². The monoisotopic (exact) mass is 354 g/mol. The van der Waals surface area contributed by atoms with Gasteiger partial charge in [-0.25, -0.2) is 13.1 Å². The van der Waals surface area contributed by atoms with E-state index < -0.39 is 10.0 Å². The lowest BCUT2D eigenvalue weighted by atomic mass is 10.3. The lowest BCUT2D eigenvalue weighted by molar-refractivity contribution is 0.103. The van der Waals surface area contributed by atoms with Gasteiger partial charge >= 0.3 is 0 Å². The van der Waals surface area contributed by atoms with Crippen molar-refractivity contribution in [3.05, 3.63) is 46.7 Å². The number of methoxy groups -OCH3 is 1.